The van der Waals surface area contributed by atoms with Crippen LogP contribution in [0.15, 0.2) is 18.5 Å². The molecule has 1 aromatic rings. The Morgan fingerprint density at radius 2 is 1.50 bits per heavy atom. The minimum absolute atomic E-state index is 0.881. The zero-order valence-electron chi connectivity index (χ0n) is 15.8. The predicted molar refractivity (Wildman–Crippen MR) is 101 cm³/mol. The van der Waals surface area contributed by atoms with Crippen molar-refractivity contribution in [2.45, 2.75) is 39.5 Å². The second kappa shape index (κ2) is 10.6. The fourth-order valence-corrected chi connectivity index (χ4v) is 3.19. The summed E-state index contributed by atoms with van der Waals surface area (Å²) in [6.07, 6.45) is 9.01. The molecule has 1 aromatic heterocycles. The van der Waals surface area contributed by atoms with Crippen LogP contribution in [0.4, 0.5) is 5.95 Å². The van der Waals surface area contributed by atoms with Crippen LogP contribution in [0.25, 0.3) is 0 Å². The van der Waals surface area contributed by atoms with Crippen molar-refractivity contribution in [2.75, 3.05) is 57.8 Å². The van der Waals surface area contributed by atoms with Gasteiger partial charge in [0.2, 0.25) is 5.95 Å². The highest BCUT2D eigenvalue weighted by Crippen LogP contribution is 2.18. The van der Waals surface area contributed by atoms with Crippen molar-refractivity contribution in [1.82, 2.24) is 19.8 Å². The average molecular weight is 334 g/mol. The Kier molecular flexibility index (Phi) is 8.47. The summed E-state index contributed by atoms with van der Waals surface area (Å²) in [6.45, 7) is 12.6. The lowest BCUT2D eigenvalue weighted by atomic mass is 9.96. The van der Waals surface area contributed by atoms with Crippen molar-refractivity contribution < 1.29 is 0 Å². The van der Waals surface area contributed by atoms with E-state index in [9.17, 15) is 0 Å². The number of piperidine rings is 1. The summed E-state index contributed by atoms with van der Waals surface area (Å²) in [5.41, 5.74) is 0. The van der Waals surface area contributed by atoms with Gasteiger partial charge in [0, 0.05) is 45.1 Å². The molecule has 5 nitrogen and oxygen atoms in total. The molecule has 2 fully saturated rings. The van der Waals surface area contributed by atoms with Crippen LogP contribution in [0.5, 0.6) is 0 Å². The van der Waals surface area contributed by atoms with Crippen LogP contribution < -0.4 is 4.90 Å². The normalized spacial score (nSPS) is 20.5. The highest BCUT2D eigenvalue weighted by Gasteiger charge is 2.23. The SMILES string of the molecule is CCCC.CN1CCC(CN2CCN(c3ncccn3)CC2)CC1. The molecule has 0 aliphatic carbocycles. The third kappa shape index (κ3) is 6.36. The summed E-state index contributed by atoms with van der Waals surface area (Å²) in [5, 5.41) is 0. The summed E-state index contributed by atoms with van der Waals surface area (Å²) in [7, 11) is 2.23. The Morgan fingerprint density at radius 3 is 2.04 bits per heavy atom. The maximum Gasteiger partial charge on any atom is 0.225 e. The lowest BCUT2D eigenvalue weighted by molar-refractivity contribution is 0.155. The first kappa shape index (κ1) is 19.1. The number of anilines is 1. The standard InChI is InChI=1S/C15H25N5.C4H10/c1-18-7-3-14(4-8-18)13-19-9-11-20(12-10-19)15-16-5-2-6-17-15;1-3-4-2/h2,5-6,14H,3-4,7-13H2,1H3;3-4H2,1-2H3. The second-order valence-electron chi connectivity index (χ2n) is 7.08. The zero-order valence-corrected chi connectivity index (χ0v) is 15.8. The molecule has 0 amide bonds. The van der Waals surface area contributed by atoms with Crippen LogP contribution in [-0.2, 0) is 0 Å². The van der Waals surface area contributed by atoms with Gasteiger partial charge in [-0.15, -0.1) is 0 Å². The van der Waals surface area contributed by atoms with Crippen molar-refractivity contribution in [2.24, 2.45) is 5.92 Å². The van der Waals surface area contributed by atoms with Crippen molar-refractivity contribution in [3.63, 3.8) is 0 Å². The Bertz CT molecular complexity index is 421. The molecule has 24 heavy (non-hydrogen) atoms. The molecule has 2 saturated heterocycles. The topological polar surface area (TPSA) is 35.5 Å². The predicted octanol–water partition coefficient (Wildman–Crippen LogP) is 2.75. The Morgan fingerprint density at radius 1 is 0.917 bits per heavy atom. The summed E-state index contributed by atoms with van der Waals surface area (Å²) in [6, 6.07) is 1.87. The van der Waals surface area contributed by atoms with E-state index in [1.165, 1.54) is 45.3 Å². The molecule has 0 spiro atoms. The lowest BCUT2D eigenvalue weighted by Gasteiger charge is -2.38. The number of hydrogen-bond acceptors (Lipinski definition) is 5. The van der Waals surface area contributed by atoms with Gasteiger partial charge in [0.25, 0.3) is 0 Å². The molecular formula is C19H35N5. The van der Waals surface area contributed by atoms with Gasteiger partial charge in [-0.1, -0.05) is 26.7 Å². The summed E-state index contributed by atoms with van der Waals surface area (Å²) >= 11 is 0. The third-order valence-corrected chi connectivity index (χ3v) is 5.06. The van der Waals surface area contributed by atoms with E-state index in [0.29, 0.717) is 0 Å². The van der Waals surface area contributed by atoms with E-state index in [4.69, 9.17) is 0 Å². The van der Waals surface area contributed by atoms with Crippen molar-refractivity contribution in [3.8, 4) is 0 Å². The zero-order chi connectivity index (χ0) is 17.2. The van der Waals surface area contributed by atoms with Gasteiger partial charge < -0.3 is 9.80 Å². The minimum Gasteiger partial charge on any atom is -0.338 e. The number of rotatable bonds is 4. The van der Waals surface area contributed by atoms with Crippen LogP contribution in [0.3, 0.4) is 0 Å². The number of likely N-dealkylation sites (tertiary alicyclic amines) is 1. The highest BCUT2D eigenvalue weighted by molar-refractivity contribution is 5.29. The molecule has 3 rings (SSSR count). The molecule has 0 N–H and O–H groups in total. The van der Waals surface area contributed by atoms with Gasteiger partial charge in [0.1, 0.15) is 0 Å². The largest absolute Gasteiger partial charge is 0.338 e. The van der Waals surface area contributed by atoms with Crippen LogP contribution in [0, 0.1) is 5.92 Å². The molecule has 5 heteroatoms. The Hall–Kier alpha value is -1.20. The third-order valence-electron chi connectivity index (χ3n) is 5.06. The number of piperazine rings is 1. The summed E-state index contributed by atoms with van der Waals surface area (Å²) < 4.78 is 0. The van der Waals surface area contributed by atoms with Gasteiger partial charge in [-0.3, -0.25) is 4.90 Å². The minimum atomic E-state index is 0.881. The lowest BCUT2D eigenvalue weighted by Crippen LogP contribution is -2.49. The molecule has 3 heterocycles. The van der Waals surface area contributed by atoms with E-state index in [-0.39, 0.29) is 0 Å². The first-order chi connectivity index (χ1) is 11.7. The second-order valence-corrected chi connectivity index (χ2v) is 7.08. The maximum absolute atomic E-state index is 4.34. The Balaban J connectivity index is 0.000000471. The van der Waals surface area contributed by atoms with E-state index in [1.807, 2.05) is 18.5 Å². The first-order valence-corrected chi connectivity index (χ1v) is 9.65. The number of nitrogens with zero attached hydrogens (tertiary/aromatic N) is 5. The monoisotopic (exact) mass is 333 g/mol. The molecule has 0 aromatic carbocycles. The molecular weight excluding hydrogens is 298 g/mol. The van der Waals surface area contributed by atoms with E-state index in [0.717, 1.165) is 38.0 Å². The number of hydrogen-bond donors (Lipinski definition) is 0. The molecule has 0 unspecified atom stereocenters. The van der Waals surface area contributed by atoms with Crippen LogP contribution in [0.1, 0.15) is 39.5 Å². The molecule has 0 radical (unpaired) electrons. The van der Waals surface area contributed by atoms with Gasteiger partial charge in [-0.05, 0) is 45.0 Å². The van der Waals surface area contributed by atoms with Crippen molar-refractivity contribution in [1.29, 1.82) is 0 Å². The van der Waals surface area contributed by atoms with Gasteiger partial charge >= 0.3 is 0 Å². The molecule has 136 valence electrons. The quantitative estimate of drug-likeness (QED) is 0.847. The molecule has 2 aliphatic heterocycles. The van der Waals surface area contributed by atoms with E-state index in [1.54, 1.807) is 0 Å². The van der Waals surface area contributed by atoms with Crippen molar-refractivity contribution >= 4 is 5.95 Å². The van der Waals surface area contributed by atoms with E-state index in [2.05, 4.69) is 45.6 Å². The van der Waals surface area contributed by atoms with Crippen molar-refractivity contribution in [3.05, 3.63) is 18.5 Å². The van der Waals surface area contributed by atoms with Gasteiger partial charge in [0.15, 0.2) is 0 Å². The Labute approximate surface area is 148 Å². The van der Waals surface area contributed by atoms with E-state index < -0.39 is 0 Å². The van der Waals surface area contributed by atoms with E-state index >= 15 is 0 Å². The van der Waals surface area contributed by atoms with Crippen LogP contribution >= 0.6 is 0 Å². The molecule has 0 saturated carbocycles. The molecule has 0 bridgehead atoms. The highest BCUT2D eigenvalue weighted by atomic mass is 15.3. The fraction of sp³-hybridized carbons (Fsp3) is 0.789. The van der Waals surface area contributed by atoms with Gasteiger partial charge in [-0.25, -0.2) is 9.97 Å². The first-order valence-electron chi connectivity index (χ1n) is 9.65. The maximum atomic E-state index is 4.34. The smallest absolute Gasteiger partial charge is 0.225 e. The number of aromatic nitrogens is 2. The van der Waals surface area contributed by atoms with Crippen LogP contribution in [0.2, 0.25) is 0 Å². The number of unbranched alkanes of at least 4 members (excludes halogenated alkanes) is 1. The average Bonchev–Trinajstić information content (AvgIpc) is 2.65. The summed E-state index contributed by atoms with van der Waals surface area (Å²) in [5.74, 6) is 1.78. The summed E-state index contributed by atoms with van der Waals surface area (Å²) in [4.78, 5) is 16.0. The van der Waals surface area contributed by atoms with Gasteiger partial charge in [-0.2, -0.15) is 0 Å². The van der Waals surface area contributed by atoms with Gasteiger partial charge in [0.05, 0.1) is 0 Å². The fourth-order valence-electron chi connectivity index (χ4n) is 3.19. The molecule has 2 aliphatic rings. The molecule has 0 atom stereocenters. The van der Waals surface area contributed by atoms with Crippen LogP contribution in [-0.4, -0.2) is 72.6 Å².